The third-order valence-corrected chi connectivity index (χ3v) is 2.21. The van der Waals surface area contributed by atoms with Crippen LogP contribution in [0.3, 0.4) is 0 Å². The lowest BCUT2D eigenvalue weighted by Gasteiger charge is -1.86. The van der Waals surface area contributed by atoms with Gasteiger partial charge in [0.05, 0.1) is 0 Å². The summed E-state index contributed by atoms with van der Waals surface area (Å²) in [6.07, 6.45) is 1.52. The zero-order valence-corrected chi connectivity index (χ0v) is 8.60. The third kappa shape index (κ3) is 3.73. The summed E-state index contributed by atoms with van der Waals surface area (Å²) in [6.45, 7) is 1.96. The molecule has 0 aliphatic carbocycles. The minimum Gasteiger partial charge on any atom is -0.339 e. The fourth-order valence-corrected chi connectivity index (χ4v) is 1.54. The fourth-order valence-electron chi connectivity index (χ4n) is 0.818. The monoisotopic (exact) mass is 224 g/mol. The van der Waals surface area contributed by atoms with Gasteiger partial charge in [-0.15, -0.1) is 0 Å². The minimum absolute atomic E-state index is 0.110. The van der Waals surface area contributed by atoms with Crippen molar-refractivity contribution in [3.63, 3.8) is 0 Å². The highest BCUT2D eigenvalue weighted by Crippen LogP contribution is 2.07. The summed E-state index contributed by atoms with van der Waals surface area (Å²) in [7, 11) is 1.41. The van der Waals surface area contributed by atoms with E-state index in [0.717, 1.165) is 6.42 Å². The normalized spacial score (nSPS) is 11.8. The third-order valence-electron chi connectivity index (χ3n) is 1.28. The molecule has 0 unspecified atom stereocenters. The molecule has 74 valence electrons. The van der Waals surface area contributed by atoms with Crippen LogP contribution in [0, 0.1) is 0 Å². The molecule has 1 rings (SSSR count). The number of aromatic nitrogens is 2. The molecule has 0 spiro atoms. The molecule has 13 heavy (non-hydrogen) atoms. The van der Waals surface area contributed by atoms with E-state index >= 15 is 0 Å². The van der Waals surface area contributed by atoms with E-state index in [1.807, 2.05) is 6.92 Å². The number of nitrogens with zero attached hydrogens (tertiary/aromatic N) is 2. The van der Waals surface area contributed by atoms with Crippen molar-refractivity contribution in [1.82, 2.24) is 10.1 Å². The SMILES string of the molecule is CCCc1nc(CS(=O)(=O)Cl)no1. The molecule has 0 saturated heterocycles. The quantitative estimate of drug-likeness (QED) is 0.716. The van der Waals surface area contributed by atoms with Gasteiger partial charge in [0.1, 0.15) is 5.75 Å². The first-order valence-electron chi connectivity index (χ1n) is 3.75. The van der Waals surface area contributed by atoms with Crippen molar-refractivity contribution in [1.29, 1.82) is 0 Å². The summed E-state index contributed by atoms with van der Waals surface area (Å²) in [4.78, 5) is 3.84. The number of halogens is 1. The number of hydrogen-bond acceptors (Lipinski definition) is 5. The van der Waals surface area contributed by atoms with Crippen molar-refractivity contribution >= 4 is 19.7 Å². The van der Waals surface area contributed by atoms with E-state index in [1.54, 1.807) is 0 Å². The van der Waals surface area contributed by atoms with Crippen molar-refractivity contribution in [2.75, 3.05) is 0 Å². The number of aryl methyl sites for hydroxylation is 1. The molecule has 0 bridgehead atoms. The van der Waals surface area contributed by atoms with Crippen LogP contribution in [0.15, 0.2) is 4.52 Å². The second kappa shape index (κ2) is 4.06. The Bertz CT molecular complexity index is 373. The van der Waals surface area contributed by atoms with Gasteiger partial charge in [-0.3, -0.25) is 0 Å². The molecule has 1 aromatic rings. The molecule has 1 aromatic heterocycles. The molecular formula is C6H9ClN2O3S. The predicted molar refractivity (Wildman–Crippen MR) is 46.8 cm³/mol. The first-order valence-corrected chi connectivity index (χ1v) is 6.23. The Morgan fingerprint density at radius 3 is 2.77 bits per heavy atom. The van der Waals surface area contributed by atoms with Gasteiger partial charge in [0.2, 0.25) is 14.9 Å². The van der Waals surface area contributed by atoms with Crippen molar-refractivity contribution in [2.45, 2.75) is 25.5 Å². The van der Waals surface area contributed by atoms with Crippen molar-refractivity contribution in [3.05, 3.63) is 11.7 Å². The van der Waals surface area contributed by atoms with Crippen LogP contribution in [0.25, 0.3) is 0 Å². The van der Waals surface area contributed by atoms with Crippen LogP contribution in [0.1, 0.15) is 25.1 Å². The molecule has 0 N–H and O–H groups in total. The van der Waals surface area contributed by atoms with E-state index in [0.29, 0.717) is 12.3 Å². The van der Waals surface area contributed by atoms with Gasteiger partial charge in [0.15, 0.2) is 5.82 Å². The van der Waals surface area contributed by atoms with Crippen LogP contribution in [-0.4, -0.2) is 18.6 Å². The van der Waals surface area contributed by atoms with E-state index in [4.69, 9.17) is 15.2 Å². The van der Waals surface area contributed by atoms with Gasteiger partial charge >= 0.3 is 0 Å². The Labute approximate surface area is 80.5 Å². The van der Waals surface area contributed by atoms with Gasteiger partial charge in [-0.1, -0.05) is 12.1 Å². The van der Waals surface area contributed by atoms with Crippen LogP contribution < -0.4 is 0 Å². The average molecular weight is 225 g/mol. The lowest BCUT2D eigenvalue weighted by Crippen LogP contribution is -1.97. The molecule has 0 atom stereocenters. The Balaban J connectivity index is 2.69. The van der Waals surface area contributed by atoms with E-state index < -0.39 is 9.05 Å². The average Bonchev–Trinajstić information content (AvgIpc) is 2.33. The molecule has 5 nitrogen and oxygen atoms in total. The molecule has 1 heterocycles. The molecular weight excluding hydrogens is 216 g/mol. The molecule has 0 saturated carbocycles. The molecule has 0 radical (unpaired) electrons. The lowest BCUT2D eigenvalue weighted by molar-refractivity contribution is 0.373. The molecule has 0 aliphatic heterocycles. The molecule has 0 fully saturated rings. The Morgan fingerprint density at radius 2 is 2.23 bits per heavy atom. The van der Waals surface area contributed by atoms with Crippen molar-refractivity contribution in [3.8, 4) is 0 Å². The van der Waals surface area contributed by atoms with Crippen LogP contribution in [0.2, 0.25) is 0 Å². The fraction of sp³-hybridized carbons (Fsp3) is 0.667. The van der Waals surface area contributed by atoms with Crippen LogP contribution >= 0.6 is 10.7 Å². The zero-order chi connectivity index (χ0) is 9.90. The predicted octanol–water partition coefficient (Wildman–Crippen LogP) is 1.09. The minimum atomic E-state index is -3.59. The van der Waals surface area contributed by atoms with Gasteiger partial charge in [0.25, 0.3) is 0 Å². The van der Waals surface area contributed by atoms with Crippen LogP contribution in [0.4, 0.5) is 0 Å². The first-order chi connectivity index (χ1) is 6.01. The van der Waals surface area contributed by atoms with E-state index in [9.17, 15) is 8.42 Å². The van der Waals surface area contributed by atoms with E-state index in [-0.39, 0.29) is 11.6 Å². The summed E-state index contributed by atoms with van der Waals surface area (Å²) in [6, 6.07) is 0. The first kappa shape index (κ1) is 10.5. The molecule has 0 aliphatic rings. The number of hydrogen-bond donors (Lipinski definition) is 0. The van der Waals surface area contributed by atoms with Gasteiger partial charge in [-0.05, 0) is 6.42 Å². The maximum atomic E-state index is 10.6. The molecule has 0 amide bonds. The summed E-state index contributed by atoms with van der Waals surface area (Å²) in [5.41, 5.74) is 0. The summed E-state index contributed by atoms with van der Waals surface area (Å²) in [5.74, 6) is 0.165. The van der Waals surface area contributed by atoms with Crippen molar-refractivity contribution < 1.29 is 12.9 Å². The highest BCUT2D eigenvalue weighted by Gasteiger charge is 2.13. The van der Waals surface area contributed by atoms with Crippen molar-refractivity contribution in [2.24, 2.45) is 0 Å². The maximum Gasteiger partial charge on any atom is 0.240 e. The van der Waals surface area contributed by atoms with Gasteiger partial charge in [-0.2, -0.15) is 4.98 Å². The van der Waals surface area contributed by atoms with Gasteiger partial charge < -0.3 is 4.52 Å². The van der Waals surface area contributed by atoms with E-state index in [2.05, 4.69) is 10.1 Å². The largest absolute Gasteiger partial charge is 0.339 e. The Kier molecular flexibility index (Phi) is 3.27. The highest BCUT2D eigenvalue weighted by atomic mass is 35.7. The standard InChI is InChI=1S/C6H9ClN2O3S/c1-2-3-6-8-5(9-12-6)4-13(7,10)11/h2-4H2,1H3. The molecule has 0 aromatic carbocycles. The number of rotatable bonds is 4. The van der Waals surface area contributed by atoms with Gasteiger partial charge in [0, 0.05) is 17.1 Å². The highest BCUT2D eigenvalue weighted by molar-refractivity contribution is 8.13. The summed E-state index contributed by atoms with van der Waals surface area (Å²) >= 11 is 0. The van der Waals surface area contributed by atoms with Crippen LogP contribution in [0.5, 0.6) is 0 Å². The second-order valence-electron chi connectivity index (χ2n) is 2.54. The summed E-state index contributed by atoms with van der Waals surface area (Å²) < 4.78 is 26.0. The Hall–Kier alpha value is -0.620. The zero-order valence-electron chi connectivity index (χ0n) is 7.03. The topological polar surface area (TPSA) is 73.1 Å². The smallest absolute Gasteiger partial charge is 0.240 e. The van der Waals surface area contributed by atoms with E-state index in [1.165, 1.54) is 0 Å². The van der Waals surface area contributed by atoms with Gasteiger partial charge in [-0.25, -0.2) is 8.42 Å². The lowest BCUT2D eigenvalue weighted by atomic mass is 10.3. The second-order valence-corrected chi connectivity index (χ2v) is 5.31. The van der Waals surface area contributed by atoms with Crippen LogP contribution in [-0.2, 0) is 21.2 Å². The molecule has 7 heteroatoms. The Morgan fingerprint density at radius 1 is 1.54 bits per heavy atom. The maximum absolute atomic E-state index is 10.6. The summed E-state index contributed by atoms with van der Waals surface area (Å²) in [5, 5.41) is 3.47.